The van der Waals surface area contributed by atoms with E-state index in [0.29, 0.717) is 18.4 Å². The number of rotatable bonds is 8. The molecule has 7 heteroatoms. The minimum Gasteiger partial charge on any atom is -0.493 e. The van der Waals surface area contributed by atoms with Crippen molar-refractivity contribution in [2.75, 3.05) is 38.6 Å². The molecule has 0 atom stereocenters. The van der Waals surface area contributed by atoms with Gasteiger partial charge in [0.15, 0.2) is 16.7 Å². The van der Waals surface area contributed by atoms with Gasteiger partial charge in [-0.05, 0) is 68.7 Å². The molecule has 1 saturated heterocycles. The normalized spacial score (nSPS) is 15.0. The fourth-order valence-electron chi connectivity index (χ4n) is 3.62. The highest BCUT2D eigenvalue weighted by molar-refractivity contribution is 7.80. The molecule has 1 heterocycles. The number of anilines is 1. The Kier molecular flexibility index (Phi) is 8.39. The second-order valence-corrected chi connectivity index (χ2v) is 8.00. The lowest BCUT2D eigenvalue weighted by Crippen LogP contribution is -2.47. The van der Waals surface area contributed by atoms with Crippen LogP contribution in [0.25, 0.3) is 0 Å². The topological polar surface area (TPSA) is 27.7 Å². The molecule has 0 bridgehead atoms. The molecule has 30 heavy (non-hydrogen) atoms. The summed E-state index contributed by atoms with van der Waals surface area (Å²) in [6, 6.07) is 14.1. The van der Waals surface area contributed by atoms with Crippen LogP contribution in [0.1, 0.15) is 25.7 Å². The van der Waals surface area contributed by atoms with E-state index in [1.807, 2.05) is 30.3 Å². The largest absolute Gasteiger partial charge is 0.493 e. The van der Waals surface area contributed by atoms with Crippen molar-refractivity contribution in [3.05, 3.63) is 60.2 Å². The Balaban J connectivity index is 1.30. The summed E-state index contributed by atoms with van der Waals surface area (Å²) in [7, 11) is 2.06. The van der Waals surface area contributed by atoms with Crippen molar-refractivity contribution < 1.29 is 13.5 Å². The van der Waals surface area contributed by atoms with Gasteiger partial charge >= 0.3 is 0 Å². The van der Waals surface area contributed by atoms with Crippen LogP contribution in [0.3, 0.4) is 0 Å². The Morgan fingerprint density at radius 2 is 1.83 bits per heavy atom. The highest BCUT2D eigenvalue weighted by atomic mass is 32.1. The molecule has 0 radical (unpaired) electrons. The van der Waals surface area contributed by atoms with E-state index in [0.717, 1.165) is 68.3 Å². The molecule has 1 fully saturated rings. The van der Waals surface area contributed by atoms with Crippen LogP contribution in [-0.2, 0) is 0 Å². The zero-order valence-electron chi connectivity index (χ0n) is 17.3. The van der Waals surface area contributed by atoms with Crippen molar-refractivity contribution in [2.24, 2.45) is 0 Å². The first-order valence-corrected chi connectivity index (χ1v) is 10.8. The molecule has 0 saturated carbocycles. The quantitative estimate of drug-likeness (QED) is 0.471. The molecule has 1 N–H and O–H groups in total. The lowest BCUT2D eigenvalue weighted by molar-refractivity contribution is 0.161. The van der Waals surface area contributed by atoms with E-state index >= 15 is 0 Å². The molecule has 162 valence electrons. The van der Waals surface area contributed by atoms with Crippen molar-refractivity contribution >= 4 is 23.0 Å². The van der Waals surface area contributed by atoms with Crippen LogP contribution < -0.4 is 10.1 Å². The minimum atomic E-state index is -0.876. The maximum absolute atomic E-state index is 13.2. The summed E-state index contributed by atoms with van der Waals surface area (Å²) >= 11 is 5.57. The molecule has 2 aromatic rings. The van der Waals surface area contributed by atoms with Gasteiger partial charge in [-0.2, -0.15) is 0 Å². The van der Waals surface area contributed by atoms with Gasteiger partial charge in [0, 0.05) is 37.9 Å². The van der Waals surface area contributed by atoms with Gasteiger partial charge in [-0.3, -0.25) is 0 Å². The Hall–Kier alpha value is -2.25. The van der Waals surface area contributed by atoms with Gasteiger partial charge < -0.3 is 19.9 Å². The van der Waals surface area contributed by atoms with Crippen LogP contribution in [-0.4, -0.2) is 54.2 Å². The molecular formula is C23H29F2N3OS. The summed E-state index contributed by atoms with van der Waals surface area (Å²) in [6.45, 7) is 3.62. The van der Waals surface area contributed by atoms with E-state index < -0.39 is 11.6 Å². The van der Waals surface area contributed by atoms with Crippen LogP contribution >= 0.6 is 12.2 Å². The minimum absolute atomic E-state index is 0.373. The number of likely N-dealkylation sites (tertiary alicyclic amines) is 1. The second-order valence-electron chi connectivity index (χ2n) is 7.61. The first kappa shape index (κ1) is 22.4. The number of ether oxygens (including phenoxy) is 1. The van der Waals surface area contributed by atoms with Crippen molar-refractivity contribution in [2.45, 2.75) is 31.7 Å². The maximum Gasteiger partial charge on any atom is 0.173 e. The van der Waals surface area contributed by atoms with Gasteiger partial charge in [0.1, 0.15) is 5.75 Å². The zero-order chi connectivity index (χ0) is 21.3. The molecular weight excluding hydrogens is 404 g/mol. The number of halogens is 2. The molecule has 0 aromatic heterocycles. The summed E-state index contributed by atoms with van der Waals surface area (Å²) in [6.07, 6.45) is 4.05. The Morgan fingerprint density at radius 1 is 1.10 bits per heavy atom. The number of nitrogens with one attached hydrogen (secondary N) is 1. The fraction of sp³-hybridized carbons (Fsp3) is 0.435. The van der Waals surface area contributed by atoms with Crippen molar-refractivity contribution in [3.8, 4) is 5.75 Å². The van der Waals surface area contributed by atoms with Gasteiger partial charge in [-0.1, -0.05) is 18.2 Å². The molecule has 3 rings (SSSR count). The average molecular weight is 434 g/mol. The Labute approximate surface area is 182 Å². The zero-order valence-corrected chi connectivity index (χ0v) is 18.1. The molecule has 0 unspecified atom stereocenters. The molecule has 0 spiro atoms. The third-order valence-electron chi connectivity index (χ3n) is 5.48. The van der Waals surface area contributed by atoms with E-state index in [1.165, 1.54) is 6.07 Å². The highest BCUT2D eigenvalue weighted by Crippen LogP contribution is 2.18. The number of unbranched alkanes of at least 4 members (excludes halogenated alkanes) is 1. The second kappa shape index (κ2) is 11.2. The van der Waals surface area contributed by atoms with Crippen LogP contribution in [0.2, 0.25) is 0 Å². The Morgan fingerprint density at radius 3 is 2.53 bits per heavy atom. The number of thiocarbonyl (C=S) groups is 1. The van der Waals surface area contributed by atoms with E-state index in [9.17, 15) is 8.78 Å². The fourth-order valence-corrected chi connectivity index (χ4v) is 3.89. The first-order chi connectivity index (χ1) is 14.5. The first-order valence-electron chi connectivity index (χ1n) is 10.4. The van der Waals surface area contributed by atoms with Crippen LogP contribution in [0.4, 0.5) is 14.5 Å². The summed E-state index contributed by atoms with van der Waals surface area (Å²) in [5.74, 6) is -1.36. The highest BCUT2D eigenvalue weighted by Gasteiger charge is 2.23. The van der Waals surface area contributed by atoms with Crippen LogP contribution in [0.15, 0.2) is 48.5 Å². The van der Waals surface area contributed by atoms with E-state index in [-0.39, 0.29) is 0 Å². The lowest BCUT2D eigenvalue weighted by atomic mass is 10.0. The van der Waals surface area contributed by atoms with Gasteiger partial charge in [0.05, 0.1) is 6.61 Å². The smallest absolute Gasteiger partial charge is 0.173 e. The predicted molar refractivity (Wildman–Crippen MR) is 121 cm³/mol. The molecule has 0 amide bonds. The third-order valence-corrected chi connectivity index (χ3v) is 5.87. The lowest BCUT2D eigenvalue weighted by Gasteiger charge is -2.38. The van der Waals surface area contributed by atoms with E-state index in [4.69, 9.17) is 17.0 Å². The summed E-state index contributed by atoms with van der Waals surface area (Å²) < 4.78 is 31.6. The standard InChI is InChI=1S/C23H29F2N3OS/c1-27(23(30)26-18-7-3-2-4-8-18)19-11-14-28(15-12-19)13-5-6-16-29-20-9-10-21(24)22(25)17-20/h2-4,7-10,17,19H,5-6,11-16H2,1H3,(H,26,30). The molecule has 0 aliphatic carbocycles. The van der Waals surface area contributed by atoms with Crippen LogP contribution in [0.5, 0.6) is 5.75 Å². The van der Waals surface area contributed by atoms with E-state index in [1.54, 1.807) is 0 Å². The molecule has 1 aliphatic rings. The van der Waals surface area contributed by atoms with Gasteiger partial charge in [-0.25, -0.2) is 8.78 Å². The SMILES string of the molecule is CN(C(=S)Nc1ccccc1)C1CCN(CCCCOc2ccc(F)c(F)c2)CC1. The number of nitrogens with zero attached hydrogens (tertiary/aromatic N) is 2. The van der Waals surface area contributed by atoms with Crippen molar-refractivity contribution in [3.63, 3.8) is 0 Å². The summed E-state index contributed by atoms with van der Waals surface area (Å²) in [5.41, 5.74) is 1.01. The Bertz CT molecular complexity index is 813. The monoisotopic (exact) mass is 433 g/mol. The maximum atomic E-state index is 13.2. The third kappa shape index (κ3) is 6.64. The number of piperidine rings is 1. The van der Waals surface area contributed by atoms with Gasteiger partial charge in [-0.15, -0.1) is 0 Å². The number of para-hydroxylation sites is 1. The average Bonchev–Trinajstić information content (AvgIpc) is 2.76. The number of hydrogen-bond acceptors (Lipinski definition) is 3. The number of benzene rings is 2. The van der Waals surface area contributed by atoms with Crippen molar-refractivity contribution in [1.29, 1.82) is 0 Å². The number of hydrogen-bond donors (Lipinski definition) is 1. The van der Waals surface area contributed by atoms with Crippen molar-refractivity contribution in [1.82, 2.24) is 9.80 Å². The van der Waals surface area contributed by atoms with Crippen LogP contribution in [0, 0.1) is 11.6 Å². The predicted octanol–water partition coefficient (Wildman–Crippen LogP) is 4.92. The van der Waals surface area contributed by atoms with E-state index in [2.05, 4.69) is 22.2 Å². The summed E-state index contributed by atoms with van der Waals surface area (Å²) in [5, 5.41) is 4.06. The molecule has 4 nitrogen and oxygen atoms in total. The van der Waals surface area contributed by atoms with Gasteiger partial charge in [0.2, 0.25) is 0 Å². The van der Waals surface area contributed by atoms with Gasteiger partial charge in [0.25, 0.3) is 0 Å². The summed E-state index contributed by atoms with van der Waals surface area (Å²) in [4.78, 5) is 4.64. The molecule has 2 aromatic carbocycles. The molecule has 1 aliphatic heterocycles.